The van der Waals surface area contributed by atoms with Crippen LogP contribution in [-0.2, 0) is 6.42 Å². The quantitative estimate of drug-likeness (QED) is 0.537. The SMILES string of the molecule is CNc1cc(OCCCN2CCC(O)(Cc3ccc(F)cc3)C(C)(C)C2)c(C)cc1Cl. The molecule has 4 nitrogen and oxygen atoms in total. The fraction of sp³-hybridized carbons (Fsp3) is 0.520. The predicted octanol–water partition coefficient (Wildman–Crippen LogP) is 5.30. The topological polar surface area (TPSA) is 44.7 Å². The van der Waals surface area contributed by atoms with Crippen molar-refractivity contribution in [2.75, 3.05) is 38.6 Å². The number of hydrogen-bond acceptors (Lipinski definition) is 4. The molecule has 170 valence electrons. The minimum atomic E-state index is -0.804. The zero-order valence-electron chi connectivity index (χ0n) is 19.0. The third-order valence-corrected chi connectivity index (χ3v) is 6.85. The zero-order valence-corrected chi connectivity index (χ0v) is 19.7. The first-order valence-electron chi connectivity index (χ1n) is 10.9. The normalized spacial score (nSPS) is 21.1. The molecule has 1 heterocycles. The van der Waals surface area contributed by atoms with Crippen molar-refractivity contribution in [2.45, 2.75) is 45.6 Å². The van der Waals surface area contributed by atoms with Crippen LogP contribution in [-0.4, -0.2) is 48.9 Å². The lowest BCUT2D eigenvalue weighted by atomic mass is 9.67. The molecule has 6 heteroatoms. The third kappa shape index (κ3) is 5.71. The van der Waals surface area contributed by atoms with Crippen LogP contribution < -0.4 is 10.1 Å². The van der Waals surface area contributed by atoms with Gasteiger partial charge in [-0.2, -0.15) is 0 Å². The van der Waals surface area contributed by atoms with Gasteiger partial charge in [0.25, 0.3) is 0 Å². The number of ether oxygens (including phenoxy) is 1. The number of nitrogens with one attached hydrogen (secondary N) is 1. The molecule has 2 aromatic rings. The number of benzene rings is 2. The van der Waals surface area contributed by atoms with E-state index < -0.39 is 5.60 Å². The number of aliphatic hydroxyl groups is 1. The summed E-state index contributed by atoms with van der Waals surface area (Å²) in [4.78, 5) is 2.40. The van der Waals surface area contributed by atoms with Crippen LogP contribution in [0.3, 0.4) is 0 Å². The van der Waals surface area contributed by atoms with E-state index in [9.17, 15) is 9.50 Å². The first kappa shape index (κ1) is 23.8. The molecular weight excluding hydrogens is 415 g/mol. The molecule has 3 rings (SSSR count). The standard InChI is InChI=1S/C25H34ClFN2O2/c1-18-14-21(26)22(28-4)15-23(18)31-13-5-11-29-12-10-25(30,24(2,3)17-29)16-19-6-8-20(27)9-7-19/h6-9,14-15,28,30H,5,10-13,16-17H2,1-4H3. The Labute approximate surface area is 190 Å². The molecule has 1 saturated heterocycles. The first-order valence-corrected chi connectivity index (χ1v) is 11.3. The maximum Gasteiger partial charge on any atom is 0.124 e. The summed E-state index contributed by atoms with van der Waals surface area (Å²) in [5.74, 6) is 0.601. The minimum Gasteiger partial charge on any atom is -0.493 e. The minimum absolute atomic E-state index is 0.247. The van der Waals surface area contributed by atoms with Gasteiger partial charge in [-0.1, -0.05) is 37.6 Å². The lowest BCUT2D eigenvalue weighted by Gasteiger charge is -2.50. The molecule has 0 amide bonds. The van der Waals surface area contributed by atoms with E-state index in [1.807, 2.05) is 26.1 Å². The van der Waals surface area contributed by atoms with Crippen molar-refractivity contribution in [3.05, 3.63) is 58.4 Å². The zero-order chi connectivity index (χ0) is 22.6. The molecule has 2 N–H and O–H groups in total. The highest BCUT2D eigenvalue weighted by Crippen LogP contribution is 2.41. The summed E-state index contributed by atoms with van der Waals surface area (Å²) in [5.41, 5.74) is 1.78. The highest BCUT2D eigenvalue weighted by molar-refractivity contribution is 6.33. The summed E-state index contributed by atoms with van der Waals surface area (Å²) in [6.45, 7) is 9.43. The van der Waals surface area contributed by atoms with E-state index in [1.165, 1.54) is 12.1 Å². The van der Waals surface area contributed by atoms with Crippen molar-refractivity contribution in [2.24, 2.45) is 5.41 Å². The second-order valence-corrected chi connectivity index (χ2v) is 9.70. The van der Waals surface area contributed by atoms with Crippen LogP contribution >= 0.6 is 11.6 Å². The van der Waals surface area contributed by atoms with E-state index >= 15 is 0 Å². The van der Waals surface area contributed by atoms with Gasteiger partial charge in [0.15, 0.2) is 0 Å². The largest absolute Gasteiger partial charge is 0.493 e. The Bertz CT molecular complexity index is 888. The summed E-state index contributed by atoms with van der Waals surface area (Å²) < 4.78 is 19.2. The summed E-state index contributed by atoms with van der Waals surface area (Å²) in [6, 6.07) is 10.3. The van der Waals surface area contributed by atoms with Gasteiger partial charge in [0.05, 0.1) is 22.9 Å². The Morgan fingerprint density at radius 1 is 1.23 bits per heavy atom. The summed E-state index contributed by atoms with van der Waals surface area (Å²) in [6.07, 6.45) is 2.14. The monoisotopic (exact) mass is 448 g/mol. The average molecular weight is 449 g/mol. The number of rotatable bonds is 8. The van der Waals surface area contributed by atoms with Crippen LogP contribution in [0.2, 0.25) is 5.02 Å². The van der Waals surface area contributed by atoms with Crippen molar-refractivity contribution in [3.8, 4) is 5.75 Å². The number of piperidine rings is 1. The van der Waals surface area contributed by atoms with E-state index in [-0.39, 0.29) is 11.2 Å². The van der Waals surface area contributed by atoms with Gasteiger partial charge in [-0.3, -0.25) is 0 Å². The van der Waals surface area contributed by atoms with Gasteiger partial charge in [0, 0.05) is 44.6 Å². The van der Waals surface area contributed by atoms with Gasteiger partial charge in [0.2, 0.25) is 0 Å². The van der Waals surface area contributed by atoms with Gasteiger partial charge < -0.3 is 20.1 Å². The van der Waals surface area contributed by atoms with Crippen molar-refractivity contribution >= 4 is 17.3 Å². The van der Waals surface area contributed by atoms with Crippen LogP contribution in [0, 0.1) is 18.2 Å². The molecule has 1 fully saturated rings. The summed E-state index contributed by atoms with van der Waals surface area (Å²) >= 11 is 6.21. The van der Waals surface area contributed by atoms with Gasteiger partial charge in [-0.25, -0.2) is 4.39 Å². The molecule has 0 aliphatic carbocycles. The fourth-order valence-electron chi connectivity index (χ4n) is 4.40. The summed E-state index contributed by atoms with van der Waals surface area (Å²) in [7, 11) is 1.84. The van der Waals surface area contributed by atoms with E-state index in [0.717, 1.165) is 48.6 Å². The van der Waals surface area contributed by atoms with Crippen LogP contribution in [0.5, 0.6) is 5.75 Å². The van der Waals surface area contributed by atoms with E-state index in [2.05, 4.69) is 24.1 Å². The van der Waals surface area contributed by atoms with Crippen molar-refractivity contribution in [3.63, 3.8) is 0 Å². The van der Waals surface area contributed by atoms with Crippen LogP contribution in [0.25, 0.3) is 0 Å². The number of halogens is 2. The van der Waals surface area contributed by atoms with Gasteiger partial charge in [-0.15, -0.1) is 0 Å². The molecule has 0 radical (unpaired) electrons. The van der Waals surface area contributed by atoms with Crippen LogP contribution in [0.1, 0.15) is 37.8 Å². The highest BCUT2D eigenvalue weighted by atomic mass is 35.5. The van der Waals surface area contributed by atoms with Crippen LogP contribution in [0.15, 0.2) is 36.4 Å². The molecule has 2 aromatic carbocycles. The highest BCUT2D eigenvalue weighted by Gasteiger charge is 2.47. The second kappa shape index (κ2) is 9.76. The lowest BCUT2D eigenvalue weighted by molar-refractivity contribution is -0.118. The van der Waals surface area contributed by atoms with Gasteiger partial charge in [0.1, 0.15) is 11.6 Å². The molecule has 31 heavy (non-hydrogen) atoms. The number of aryl methyl sites for hydroxylation is 1. The van der Waals surface area contributed by atoms with Gasteiger partial charge >= 0.3 is 0 Å². The van der Waals surface area contributed by atoms with Gasteiger partial charge in [-0.05, 0) is 49.1 Å². The van der Waals surface area contributed by atoms with Crippen molar-refractivity contribution in [1.29, 1.82) is 0 Å². The fourth-order valence-corrected chi connectivity index (χ4v) is 4.71. The molecule has 0 bridgehead atoms. The third-order valence-electron chi connectivity index (χ3n) is 6.54. The van der Waals surface area contributed by atoms with Crippen molar-refractivity contribution in [1.82, 2.24) is 4.90 Å². The number of anilines is 1. The molecule has 0 saturated carbocycles. The maximum atomic E-state index is 13.2. The first-order chi connectivity index (χ1) is 14.6. The molecule has 1 unspecified atom stereocenters. The summed E-state index contributed by atoms with van der Waals surface area (Å²) in [5, 5.41) is 15.2. The molecule has 1 atom stereocenters. The Morgan fingerprint density at radius 2 is 1.94 bits per heavy atom. The van der Waals surface area contributed by atoms with E-state index in [4.69, 9.17) is 16.3 Å². The van der Waals surface area contributed by atoms with E-state index in [1.54, 1.807) is 12.1 Å². The maximum absolute atomic E-state index is 13.2. The Morgan fingerprint density at radius 3 is 2.58 bits per heavy atom. The molecule has 1 aliphatic heterocycles. The lowest BCUT2D eigenvalue weighted by Crippen LogP contribution is -2.58. The molecule has 1 aliphatic rings. The Balaban J connectivity index is 1.51. The van der Waals surface area contributed by atoms with Crippen molar-refractivity contribution < 1.29 is 14.2 Å². The number of nitrogens with zero attached hydrogens (tertiary/aromatic N) is 1. The second-order valence-electron chi connectivity index (χ2n) is 9.29. The Hall–Kier alpha value is -1.82. The predicted molar refractivity (Wildman–Crippen MR) is 126 cm³/mol. The molecular formula is C25H34ClFN2O2. The molecule has 0 spiro atoms. The smallest absolute Gasteiger partial charge is 0.124 e. The number of likely N-dealkylation sites (tertiary alicyclic amines) is 1. The molecule has 0 aromatic heterocycles. The number of hydrogen-bond donors (Lipinski definition) is 2. The Kier molecular flexibility index (Phi) is 7.51. The average Bonchev–Trinajstić information content (AvgIpc) is 2.71. The van der Waals surface area contributed by atoms with E-state index in [0.29, 0.717) is 24.5 Å². The van der Waals surface area contributed by atoms with Crippen LogP contribution in [0.4, 0.5) is 10.1 Å².